The highest BCUT2D eigenvalue weighted by Crippen LogP contribution is 2.36. The largest absolute Gasteiger partial charge is 0.426 e. The molecule has 0 saturated heterocycles. The highest BCUT2D eigenvalue weighted by atomic mass is 19.1. The number of halogens is 1. The van der Waals surface area contributed by atoms with Gasteiger partial charge in [0.25, 0.3) is 0 Å². The Bertz CT molecular complexity index is 709. The van der Waals surface area contributed by atoms with Crippen LogP contribution in [0.2, 0.25) is 0 Å². The van der Waals surface area contributed by atoms with E-state index >= 15 is 0 Å². The number of fused-ring (bicyclic) bond motifs is 1. The van der Waals surface area contributed by atoms with Gasteiger partial charge in [0.15, 0.2) is 5.78 Å². The maximum absolute atomic E-state index is 13.2. The van der Waals surface area contributed by atoms with Gasteiger partial charge in [-0.1, -0.05) is 30.3 Å². The highest BCUT2D eigenvalue weighted by molar-refractivity contribution is 5.97. The quantitative estimate of drug-likeness (QED) is 0.492. The molecule has 0 amide bonds. The van der Waals surface area contributed by atoms with E-state index in [-0.39, 0.29) is 30.5 Å². The fourth-order valence-electron chi connectivity index (χ4n) is 2.57. The van der Waals surface area contributed by atoms with Crippen LogP contribution in [0.3, 0.4) is 0 Å². The minimum Gasteiger partial charge on any atom is -0.426 e. The van der Waals surface area contributed by atoms with Gasteiger partial charge in [0.05, 0.1) is 6.42 Å². The lowest BCUT2D eigenvalue weighted by Gasteiger charge is -2.23. The third-order valence-electron chi connectivity index (χ3n) is 3.57. The average Bonchev–Trinajstić information content (AvgIpc) is 2.47. The summed E-state index contributed by atoms with van der Waals surface area (Å²) in [6, 6.07) is 12.8. The molecule has 3 rings (SSSR count). The minimum atomic E-state index is -0.440. The molecule has 0 N–H and O–H groups in total. The van der Waals surface area contributed by atoms with Gasteiger partial charge >= 0.3 is 5.97 Å². The van der Waals surface area contributed by atoms with Gasteiger partial charge in [-0.2, -0.15) is 0 Å². The first-order valence-electron chi connectivity index (χ1n) is 6.72. The Hall–Kier alpha value is -2.49. The van der Waals surface area contributed by atoms with Gasteiger partial charge in [0.1, 0.15) is 11.6 Å². The number of ether oxygens (including phenoxy) is 1. The summed E-state index contributed by atoms with van der Waals surface area (Å²) in [5.41, 5.74) is 1.17. The van der Waals surface area contributed by atoms with Crippen LogP contribution < -0.4 is 4.74 Å². The molecule has 2 aromatic rings. The normalized spacial score (nSPS) is 17.0. The molecule has 2 aromatic carbocycles. The summed E-state index contributed by atoms with van der Waals surface area (Å²) in [5.74, 6) is -0.678. The Balaban J connectivity index is 1.85. The summed E-state index contributed by atoms with van der Waals surface area (Å²) in [6.07, 6.45) is 0.327. The zero-order valence-corrected chi connectivity index (χ0v) is 11.2. The van der Waals surface area contributed by atoms with Gasteiger partial charge in [-0.15, -0.1) is 0 Å². The number of esters is 1. The van der Waals surface area contributed by atoms with Gasteiger partial charge in [-0.3, -0.25) is 9.59 Å². The number of ketones is 1. The van der Waals surface area contributed by atoms with E-state index in [9.17, 15) is 14.0 Å². The van der Waals surface area contributed by atoms with Crippen molar-refractivity contribution in [3.05, 3.63) is 65.5 Å². The topological polar surface area (TPSA) is 43.4 Å². The second-order valence-corrected chi connectivity index (χ2v) is 5.05. The van der Waals surface area contributed by atoms with Crippen LogP contribution in [0.1, 0.15) is 34.7 Å². The molecule has 3 nitrogen and oxygen atoms in total. The summed E-state index contributed by atoms with van der Waals surface area (Å²) in [4.78, 5) is 23.9. The maximum atomic E-state index is 13.2. The summed E-state index contributed by atoms with van der Waals surface area (Å²) in [5, 5.41) is 0. The average molecular weight is 284 g/mol. The molecule has 1 heterocycles. The van der Waals surface area contributed by atoms with Crippen LogP contribution in [0.5, 0.6) is 5.75 Å². The van der Waals surface area contributed by atoms with Crippen LogP contribution in [0.15, 0.2) is 48.5 Å². The Labute approximate surface area is 121 Å². The lowest BCUT2D eigenvalue weighted by molar-refractivity contribution is -0.135. The van der Waals surface area contributed by atoms with Crippen LogP contribution >= 0.6 is 0 Å². The predicted octanol–water partition coefficient (Wildman–Crippen LogP) is 3.49. The predicted molar refractivity (Wildman–Crippen MR) is 74.8 cm³/mol. The van der Waals surface area contributed by atoms with E-state index in [2.05, 4.69) is 0 Å². The molecule has 0 unspecified atom stereocenters. The maximum Gasteiger partial charge on any atom is 0.311 e. The number of rotatable bonds is 3. The summed E-state index contributed by atoms with van der Waals surface area (Å²) < 4.78 is 18.3. The van der Waals surface area contributed by atoms with Crippen molar-refractivity contribution in [1.29, 1.82) is 0 Å². The number of hydrogen-bond acceptors (Lipinski definition) is 3. The van der Waals surface area contributed by atoms with E-state index in [1.165, 1.54) is 18.2 Å². The smallest absolute Gasteiger partial charge is 0.311 e. The molecular formula is C17H13FO3. The molecule has 0 aromatic heterocycles. The molecule has 0 fully saturated rings. The molecule has 0 spiro atoms. The molecule has 4 heteroatoms. The number of hydrogen-bond donors (Lipinski definition) is 0. The lowest BCUT2D eigenvalue weighted by Crippen LogP contribution is -2.22. The molecule has 0 bridgehead atoms. The van der Waals surface area contributed by atoms with Crippen LogP contribution in [0, 0.1) is 5.82 Å². The Morgan fingerprint density at radius 2 is 2.00 bits per heavy atom. The Morgan fingerprint density at radius 1 is 1.19 bits per heavy atom. The van der Waals surface area contributed by atoms with Gasteiger partial charge < -0.3 is 4.74 Å². The first-order valence-corrected chi connectivity index (χ1v) is 6.72. The van der Waals surface area contributed by atoms with Crippen molar-refractivity contribution in [2.24, 2.45) is 0 Å². The standard InChI is InChI=1S/C17H13FO3/c18-13-5-3-4-11(8-13)15(19)9-12-10-17(20)21-16-7-2-1-6-14(12)16/h1-8,12H,9-10H2/t12-/m0/s1. The molecular weight excluding hydrogens is 271 g/mol. The second kappa shape index (κ2) is 5.48. The second-order valence-electron chi connectivity index (χ2n) is 5.05. The van der Waals surface area contributed by atoms with Gasteiger partial charge in [0.2, 0.25) is 0 Å². The van der Waals surface area contributed by atoms with Crippen LogP contribution in [0.4, 0.5) is 4.39 Å². The first-order chi connectivity index (χ1) is 10.1. The van der Waals surface area contributed by atoms with Crippen molar-refractivity contribution in [2.45, 2.75) is 18.8 Å². The Kier molecular flexibility index (Phi) is 3.52. The molecule has 21 heavy (non-hydrogen) atoms. The van der Waals surface area contributed by atoms with Crippen LogP contribution in [0.25, 0.3) is 0 Å². The number of carbonyl (C=O) groups excluding carboxylic acids is 2. The van der Waals surface area contributed by atoms with E-state index in [1.54, 1.807) is 18.2 Å². The van der Waals surface area contributed by atoms with E-state index < -0.39 is 5.82 Å². The van der Waals surface area contributed by atoms with Crippen molar-refractivity contribution < 1.29 is 18.7 Å². The van der Waals surface area contributed by atoms with Crippen LogP contribution in [-0.4, -0.2) is 11.8 Å². The zero-order valence-electron chi connectivity index (χ0n) is 11.2. The Morgan fingerprint density at radius 3 is 2.81 bits per heavy atom. The van der Waals surface area contributed by atoms with Crippen molar-refractivity contribution in [2.75, 3.05) is 0 Å². The van der Waals surface area contributed by atoms with Crippen molar-refractivity contribution >= 4 is 11.8 Å². The molecule has 0 saturated carbocycles. The summed E-state index contributed by atoms with van der Waals surface area (Å²) in [6.45, 7) is 0. The molecule has 0 radical (unpaired) electrons. The monoisotopic (exact) mass is 284 g/mol. The number of carbonyl (C=O) groups is 2. The number of Topliss-reactive ketones (excluding diaryl/α,β-unsaturated/α-hetero) is 1. The SMILES string of the molecule is O=C1C[C@H](CC(=O)c2cccc(F)c2)c2ccccc2O1. The summed E-state index contributed by atoms with van der Waals surface area (Å²) in [7, 11) is 0. The number of para-hydroxylation sites is 1. The van der Waals surface area contributed by atoms with Gasteiger partial charge in [-0.25, -0.2) is 4.39 Å². The molecule has 1 aliphatic heterocycles. The van der Waals surface area contributed by atoms with Crippen LogP contribution in [-0.2, 0) is 4.79 Å². The molecule has 106 valence electrons. The molecule has 1 aliphatic rings. The van der Waals surface area contributed by atoms with E-state index in [1.807, 2.05) is 12.1 Å². The van der Waals surface area contributed by atoms with Crippen molar-refractivity contribution in [3.8, 4) is 5.75 Å². The molecule has 0 aliphatic carbocycles. The third kappa shape index (κ3) is 2.84. The summed E-state index contributed by atoms with van der Waals surface area (Å²) >= 11 is 0. The van der Waals surface area contributed by atoms with Gasteiger partial charge in [-0.05, 0) is 23.8 Å². The van der Waals surface area contributed by atoms with E-state index in [0.717, 1.165) is 5.56 Å². The van der Waals surface area contributed by atoms with Gasteiger partial charge in [0, 0.05) is 17.9 Å². The lowest BCUT2D eigenvalue weighted by atomic mass is 9.87. The highest BCUT2D eigenvalue weighted by Gasteiger charge is 2.28. The fraction of sp³-hybridized carbons (Fsp3) is 0.176. The molecule has 1 atom stereocenters. The fourth-order valence-corrected chi connectivity index (χ4v) is 2.57. The van der Waals surface area contributed by atoms with E-state index in [4.69, 9.17) is 4.74 Å². The minimum absolute atomic E-state index is 0.162. The first kappa shape index (κ1) is 13.5. The van der Waals surface area contributed by atoms with E-state index in [0.29, 0.717) is 11.3 Å². The number of benzene rings is 2. The zero-order chi connectivity index (χ0) is 14.8. The van der Waals surface area contributed by atoms with Crippen molar-refractivity contribution in [3.63, 3.8) is 0 Å². The van der Waals surface area contributed by atoms with Crippen molar-refractivity contribution in [1.82, 2.24) is 0 Å². The third-order valence-corrected chi connectivity index (χ3v) is 3.57.